The molecule has 4 rings (SSSR count). The van der Waals surface area contributed by atoms with Crippen LogP contribution < -0.4 is 5.73 Å². The number of rotatable bonds is 7. The van der Waals surface area contributed by atoms with Crippen molar-refractivity contribution in [2.24, 2.45) is 0 Å². The molecule has 0 fully saturated rings. The third kappa shape index (κ3) is 3.74. The van der Waals surface area contributed by atoms with Gasteiger partial charge in [0.05, 0.1) is 17.6 Å². The summed E-state index contributed by atoms with van der Waals surface area (Å²) < 4.78 is 2.12. The van der Waals surface area contributed by atoms with E-state index < -0.39 is 0 Å². The molecule has 0 aliphatic rings. The first-order valence-corrected chi connectivity index (χ1v) is 11.4. The lowest BCUT2D eigenvalue weighted by atomic mass is 9.82. The van der Waals surface area contributed by atoms with Crippen molar-refractivity contribution in [3.05, 3.63) is 53.3 Å². The Bertz CT molecular complexity index is 1290. The molecule has 6 nitrogen and oxygen atoms in total. The van der Waals surface area contributed by atoms with Crippen molar-refractivity contribution in [3.8, 4) is 11.5 Å². The number of para-hydroxylation sites is 1. The molecule has 0 bridgehead atoms. The van der Waals surface area contributed by atoms with E-state index in [4.69, 9.17) is 15.7 Å². The third-order valence-corrected chi connectivity index (χ3v) is 6.63. The zero-order chi connectivity index (χ0) is 23.0. The van der Waals surface area contributed by atoms with Gasteiger partial charge in [0, 0.05) is 17.4 Å². The molecule has 0 saturated carbocycles. The minimum absolute atomic E-state index is 0.0411. The van der Waals surface area contributed by atoms with Crippen molar-refractivity contribution in [3.63, 3.8) is 0 Å². The number of phenolic OH excluding ortho intramolecular Hbond substituents is 2. The molecule has 2 aromatic heterocycles. The Hall–Kier alpha value is -3.28. The lowest BCUT2D eigenvalue weighted by Gasteiger charge is -2.23. The highest BCUT2D eigenvalue weighted by atomic mass is 16.3. The lowest BCUT2D eigenvalue weighted by Crippen LogP contribution is -2.15. The molecule has 0 unspecified atom stereocenters. The maximum Gasteiger partial charge on any atom is 0.162 e. The fraction of sp³-hybridized carbons (Fsp3) is 0.385. The monoisotopic (exact) mass is 432 g/mol. The second kappa shape index (κ2) is 8.34. The fourth-order valence-electron chi connectivity index (χ4n) is 4.15. The normalized spacial score (nSPS) is 12.1. The highest BCUT2D eigenvalue weighted by molar-refractivity contribution is 6.06. The largest absolute Gasteiger partial charge is 0.504 e. The Morgan fingerprint density at radius 3 is 2.56 bits per heavy atom. The molecule has 4 aromatic rings. The highest BCUT2D eigenvalue weighted by Gasteiger charge is 2.22. The number of hydrogen-bond acceptors (Lipinski definition) is 5. The van der Waals surface area contributed by atoms with Gasteiger partial charge in [0.1, 0.15) is 11.3 Å². The van der Waals surface area contributed by atoms with E-state index in [1.807, 2.05) is 6.07 Å². The third-order valence-electron chi connectivity index (χ3n) is 6.63. The van der Waals surface area contributed by atoms with Crippen LogP contribution in [0.5, 0.6) is 11.5 Å². The average molecular weight is 433 g/mol. The van der Waals surface area contributed by atoms with Crippen molar-refractivity contribution in [2.75, 3.05) is 5.73 Å². The minimum Gasteiger partial charge on any atom is -0.504 e. The van der Waals surface area contributed by atoms with E-state index in [2.05, 4.69) is 50.5 Å². The Morgan fingerprint density at radius 1 is 1.06 bits per heavy atom. The zero-order valence-electron chi connectivity index (χ0n) is 19.3. The second-order valence-electron chi connectivity index (χ2n) is 9.17. The molecular formula is C26H32N4O2. The molecule has 2 heterocycles. The molecule has 168 valence electrons. The molecule has 2 aromatic carbocycles. The maximum absolute atomic E-state index is 10.4. The minimum atomic E-state index is -0.125. The summed E-state index contributed by atoms with van der Waals surface area (Å²) in [6, 6.07) is 11.4. The molecule has 6 heteroatoms. The number of nitrogens with two attached hydrogens (primary N) is 1. The van der Waals surface area contributed by atoms with E-state index in [0.717, 1.165) is 47.9 Å². The summed E-state index contributed by atoms with van der Waals surface area (Å²) >= 11 is 0. The molecule has 0 atom stereocenters. The number of aromatic hydroxyl groups is 2. The van der Waals surface area contributed by atoms with Gasteiger partial charge < -0.3 is 20.5 Å². The number of pyridine rings is 1. The molecule has 32 heavy (non-hydrogen) atoms. The number of benzene rings is 2. The van der Waals surface area contributed by atoms with Gasteiger partial charge in [0.2, 0.25) is 0 Å². The zero-order valence-corrected chi connectivity index (χ0v) is 19.3. The summed E-state index contributed by atoms with van der Waals surface area (Å²) in [7, 11) is 0. The summed E-state index contributed by atoms with van der Waals surface area (Å²) in [6.07, 6.45) is 3.86. The number of nitrogens with zero attached hydrogens (tertiary/aromatic N) is 3. The van der Waals surface area contributed by atoms with Gasteiger partial charge in [0.25, 0.3) is 0 Å². The molecule has 0 amide bonds. The van der Waals surface area contributed by atoms with Crippen LogP contribution in [0.3, 0.4) is 0 Å². The van der Waals surface area contributed by atoms with Crippen molar-refractivity contribution < 1.29 is 10.2 Å². The van der Waals surface area contributed by atoms with E-state index in [1.165, 1.54) is 11.6 Å². The summed E-state index contributed by atoms with van der Waals surface area (Å²) in [5, 5.41) is 21.4. The summed E-state index contributed by atoms with van der Waals surface area (Å²) in [6.45, 7) is 9.18. The van der Waals surface area contributed by atoms with Gasteiger partial charge in [-0.15, -0.1) is 0 Å². The van der Waals surface area contributed by atoms with Crippen molar-refractivity contribution in [1.29, 1.82) is 0 Å². The SMILES string of the molecule is CCCCc1nc2c(N)nc3cc(C(C)(C)CC)ccc3c2n1Cc1cccc(O)c1O. The van der Waals surface area contributed by atoms with Gasteiger partial charge >= 0.3 is 0 Å². The Morgan fingerprint density at radius 2 is 1.84 bits per heavy atom. The van der Waals surface area contributed by atoms with Crippen LogP contribution >= 0.6 is 0 Å². The van der Waals surface area contributed by atoms with Crippen molar-refractivity contribution in [1.82, 2.24) is 14.5 Å². The number of phenols is 2. The van der Waals surface area contributed by atoms with Crippen LogP contribution in [-0.4, -0.2) is 24.7 Å². The molecule has 0 spiro atoms. The second-order valence-corrected chi connectivity index (χ2v) is 9.17. The number of aromatic nitrogens is 3. The van der Waals surface area contributed by atoms with Gasteiger partial charge in [0.15, 0.2) is 17.3 Å². The lowest BCUT2D eigenvalue weighted by molar-refractivity contribution is 0.398. The van der Waals surface area contributed by atoms with Crippen LogP contribution in [0.4, 0.5) is 5.82 Å². The van der Waals surface area contributed by atoms with E-state index in [0.29, 0.717) is 23.4 Å². The number of unbranched alkanes of at least 4 members (excludes halogenated alkanes) is 1. The molecule has 4 N–H and O–H groups in total. The number of nitrogen functional groups attached to an aromatic ring is 1. The number of imidazole rings is 1. The van der Waals surface area contributed by atoms with Crippen LogP contribution in [0.1, 0.15) is 63.9 Å². The van der Waals surface area contributed by atoms with Crippen molar-refractivity contribution >= 4 is 27.8 Å². The van der Waals surface area contributed by atoms with E-state index in [-0.39, 0.29) is 16.9 Å². The Kier molecular flexibility index (Phi) is 5.71. The number of fused-ring (bicyclic) bond motifs is 3. The summed E-state index contributed by atoms with van der Waals surface area (Å²) in [4.78, 5) is 9.57. The number of aryl methyl sites for hydroxylation is 1. The molecule has 0 radical (unpaired) electrons. The van der Waals surface area contributed by atoms with Gasteiger partial charge in [-0.2, -0.15) is 0 Å². The van der Waals surface area contributed by atoms with Crippen LogP contribution in [0.15, 0.2) is 36.4 Å². The average Bonchev–Trinajstić information content (AvgIpc) is 3.14. The molecule has 0 aliphatic heterocycles. The number of anilines is 1. The van der Waals surface area contributed by atoms with E-state index in [9.17, 15) is 10.2 Å². The molecule has 0 saturated heterocycles. The highest BCUT2D eigenvalue weighted by Crippen LogP contribution is 2.35. The molecular weight excluding hydrogens is 400 g/mol. The smallest absolute Gasteiger partial charge is 0.162 e. The van der Waals surface area contributed by atoms with E-state index in [1.54, 1.807) is 6.07 Å². The quantitative estimate of drug-likeness (QED) is 0.328. The van der Waals surface area contributed by atoms with Crippen molar-refractivity contribution in [2.45, 2.75) is 65.3 Å². The number of hydrogen-bond donors (Lipinski definition) is 3. The molecule has 0 aliphatic carbocycles. The predicted molar refractivity (Wildman–Crippen MR) is 130 cm³/mol. The Labute approximate surface area is 188 Å². The van der Waals surface area contributed by atoms with Crippen LogP contribution in [0.25, 0.3) is 21.9 Å². The Balaban J connectivity index is 1.98. The first kappa shape index (κ1) is 21.9. The summed E-state index contributed by atoms with van der Waals surface area (Å²) in [5.41, 5.74) is 10.7. The van der Waals surface area contributed by atoms with Crippen LogP contribution in [-0.2, 0) is 18.4 Å². The summed E-state index contributed by atoms with van der Waals surface area (Å²) in [5.74, 6) is 1.09. The van der Waals surface area contributed by atoms with Gasteiger partial charge in [-0.05, 0) is 36.0 Å². The fourth-order valence-corrected chi connectivity index (χ4v) is 4.15. The van der Waals surface area contributed by atoms with Gasteiger partial charge in [-0.25, -0.2) is 9.97 Å². The first-order chi connectivity index (χ1) is 15.3. The topological polar surface area (TPSA) is 97.2 Å². The van der Waals surface area contributed by atoms with Gasteiger partial charge in [-0.3, -0.25) is 0 Å². The predicted octanol–water partition coefficient (Wildman–Crippen LogP) is 5.66. The maximum atomic E-state index is 10.4. The first-order valence-electron chi connectivity index (χ1n) is 11.4. The van der Waals surface area contributed by atoms with Gasteiger partial charge in [-0.1, -0.05) is 58.4 Å². The standard InChI is InChI=1S/C26H32N4O2/c1-5-7-11-21-29-22-23(30(21)15-16-9-8-10-20(31)24(16)32)18-13-12-17(26(3,4)6-2)14-19(18)28-25(22)27/h8-10,12-14,31-32H,5-7,11,15H2,1-4H3,(H2,27,28). The van der Waals surface area contributed by atoms with Crippen LogP contribution in [0, 0.1) is 0 Å². The van der Waals surface area contributed by atoms with E-state index >= 15 is 0 Å². The van der Waals surface area contributed by atoms with Crippen LogP contribution in [0.2, 0.25) is 0 Å².